The van der Waals surface area contributed by atoms with Gasteiger partial charge in [0.1, 0.15) is 11.7 Å². The van der Waals surface area contributed by atoms with Gasteiger partial charge in [-0.2, -0.15) is 0 Å². The lowest BCUT2D eigenvalue weighted by molar-refractivity contribution is -0.384. The number of amides is 2. The number of nitro groups is 1. The van der Waals surface area contributed by atoms with Gasteiger partial charge in [0.05, 0.1) is 10.3 Å². The zero-order chi connectivity index (χ0) is 22.3. The number of carbonyl (C=O) groups is 2. The van der Waals surface area contributed by atoms with Crippen LogP contribution in [0.15, 0.2) is 24.3 Å². The Balaban J connectivity index is 1.17. The van der Waals surface area contributed by atoms with Crippen molar-refractivity contribution >= 4 is 23.2 Å². The molecule has 4 bridgehead atoms. The summed E-state index contributed by atoms with van der Waals surface area (Å²) >= 11 is 0. The summed E-state index contributed by atoms with van der Waals surface area (Å²) < 4.78 is 0. The SMILES string of the molecule is O=C(NCCNc1ccccc1[N+](=O)[O-])[C@@H]1CCCN1C(=O)C12CC3CC(CC(C3)C1)C2. The first-order chi connectivity index (χ1) is 15.4. The summed E-state index contributed by atoms with van der Waals surface area (Å²) in [5.41, 5.74) is 0.235. The van der Waals surface area contributed by atoms with E-state index in [9.17, 15) is 19.7 Å². The molecular weight excluding hydrogens is 408 g/mol. The molecule has 6 rings (SSSR count). The van der Waals surface area contributed by atoms with E-state index < -0.39 is 4.92 Å². The lowest BCUT2D eigenvalue weighted by Crippen LogP contribution is -2.57. The number of nitro benzene ring substituents is 1. The van der Waals surface area contributed by atoms with Crippen molar-refractivity contribution in [1.82, 2.24) is 10.2 Å². The van der Waals surface area contributed by atoms with Crippen molar-refractivity contribution in [3.8, 4) is 0 Å². The average molecular weight is 441 g/mol. The second-order valence-corrected chi connectivity index (χ2v) is 10.3. The van der Waals surface area contributed by atoms with Crippen LogP contribution in [0.5, 0.6) is 0 Å². The molecule has 4 aliphatic carbocycles. The van der Waals surface area contributed by atoms with E-state index in [1.807, 2.05) is 4.90 Å². The number of rotatable bonds is 7. The number of benzene rings is 1. The highest BCUT2D eigenvalue weighted by atomic mass is 16.6. The lowest BCUT2D eigenvalue weighted by Gasteiger charge is -2.56. The number of nitrogens with zero attached hydrogens (tertiary/aromatic N) is 2. The Labute approximate surface area is 188 Å². The number of likely N-dealkylation sites (tertiary alicyclic amines) is 1. The first-order valence-electron chi connectivity index (χ1n) is 12.0. The summed E-state index contributed by atoms with van der Waals surface area (Å²) in [5, 5.41) is 17.1. The summed E-state index contributed by atoms with van der Waals surface area (Å²) in [6, 6.07) is 6.08. The molecule has 1 aromatic rings. The van der Waals surface area contributed by atoms with E-state index >= 15 is 0 Å². The maximum Gasteiger partial charge on any atom is 0.292 e. The van der Waals surface area contributed by atoms with E-state index in [4.69, 9.17) is 0 Å². The Morgan fingerprint density at radius 1 is 1.06 bits per heavy atom. The number of hydrogen-bond donors (Lipinski definition) is 2. The second kappa shape index (κ2) is 8.37. The van der Waals surface area contributed by atoms with Crippen molar-refractivity contribution in [2.45, 2.75) is 57.4 Å². The third-order valence-corrected chi connectivity index (χ3v) is 8.15. The molecule has 1 heterocycles. The van der Waals surface area contributed by atoms with Gasteiger partial charge >= 0.3 is 0 Å². The van der Waals surface area contributed by atoms with Crippen LogP contribution in [0.3, 0.4) is 0 Å². The van der Waals surface area contributed by atoms with Crippen molar-refractivity contribution in [3.63, 3.8) is 0 Å². The van der Waals surface area contributed by atoms with Gasteiger partial charge in [0, 0.05) is 25.7 Å². The molecule has 5 aliphatic rings. The molecule has 2 N–H and O–H groups in total. The van der Waals surface area contributed by atoms with Crippen LogP contribution in [0.25, 0.3) is 0 Å². The molecule has 0 radical (unpaired) electrons. The van der Waals surface area contributed by atoms with Crippen molar-refractivity contribution in [2.75, 3.05) is 25.0 Å². The normalized spacial score (nSPS) is 32.7. The number of hydrogen-bond acceptors (Lipinski definition) is 5. The van der Waals surface area contributed by atoms with Crippen LogP contribution >= 0.6 is 0 Å². The fourth-order valence-electron chi connectivity index (χ4n) is 7.24. The van der Waals surface area contributed by atoms with E-state index in [1.165, 1.54) is 25.3 Å². The van der Waals surface area contributed by atoms with Crippen LogP contribution < -0.4 is 10.6 Å². The molecule has 172 valence electrons. The third-order valence-electron chi connectivity index (χ3n) is 8.15. The van der Waals surface area contributed by atoms with Crippen LogP contribution in [0.1, 0.15) is 51.4 Å². The van der Waals surface area contributed by atoms with Gasteiger partial charge in [-0.3, -0.25) is 19.7 Å². The van der Waals surface area contributed by atoms with E-state index in [0.717, 1.165) is 25.7 Å². The van der Waals surface area contributed by atoms with Crippen molar-refractivity contribution in [3.05, 3.63) is 34.4 Å². The van der Waals surface area contributed by atoms with Crippen molar-refractivity contribution < 1.29 is 14.5 Å². The minimum atomic E-state index is -0.423. The summed E-state index contributed by atoms with van der Waals surface area (Å²) in [6.45, 7) is 1.40. The average Bonchev–Trinajstić information content (AvgIpc) is 3.25. The molecule has 1 aliphatic heterocycles. The fourth-order valence-corrected chi connectivity index (χ4v) is 7.24. The molecule has 0 aromatic heterocycles. The van der Waals surface area contributed by atoms with E-state index in [1.54, 1.807) is 18.2 Å². The molecule has 8 nitrogen and oxygen atoms in total. The van der Waals surface area contributed by atoms with E-state index in [2.05, 4.69) is 10.6 Å². The Morgan fingerprint density at radius 2 is 1.72 bits per heavy atom. The molecule has 5 fully saturated rings. The zero-order valence-electron chi connectivity index (χ0n) is 18.4. The van der Waals surface area contributed by atoms with Gasteiger partial charge < -0.3 is 15.5 Å². The Kier molecular flexibility index (Phi) is 5.55. The van der Waals surface area contributed by atoms with Crippen molar-refractivity contribution in [1.29, 1.82) is 0 Å². The second-order valence-electron chi connectivity index (χ2n) is 10.3. The zero-order valence-corrected chi connectivity index (χ0v) is 18.4. The maximum absolute atomic E-state index is 13.7. The fraction of sp³-hybridized carbons (Fsp3) is 0.667. The number of anilines is 1. The third kappa shape index (κ3) is 3.84. The molecule has 4 saturated carbocycles. The minimum absolute atomic E-state index is 0.0157. The molecule has 1 saturated heterocycles. The first-order valence-corrected chi connectivity index (χ1v) is 12.0. The Bertz CT molecular complexity index is 882. The monoisotopic (exact) mass is 440 g/mol. The summed E-state index contributed by atoms with van der Waals surface area (Å²) in [4.78, 5) is 39.2. The standard InChI is InChI=1S/C24H32N4O4/c29-22(26-8-7-25-19-4-1-2-5-20(19)28(31)32)21-6-3-9-27(21)23(30)24-13-16-10-17(14-24)12-18(11-16)15-24/h1-2,4-5,16-18,21,25H,3,6-15H2,(H,26,29)/t16?,17?,18?,21-,24?/m0/s1. The summed E-state index contributed by atoms with van der Waals surface area (Å²) in [6.07, 6.45) is 8.51. The van der Waals surface area contributed by atoms with Crippen LogP contribution in [0.4, 0.5) is 11.4 Å². The topological polar surface area (TPSA) is 105 Å². The summed E-state index contributed by atoms with van der Waals surface area (Å²) in [7, 11) is 0. The molecule has 1 atom stereocenters. The van der Waals surface area contributed by atoms with E-state index in [0.29, 0.717) is 49.5 Å². The molecule has 0 spiro atoms. The molecule has 8 heteroatoms. The smallest absolute Gasteiger partial charge is 0.292 e. The molecule has 1 aromatic carbocycles. The Morgan fingerprint density at radius 3 is 2.38 bits per heavy atom. The maximum atomic E-state index is 13.7. The van der Waals surface area contributed by atoms with Crippen LogP contribution in [-0.4, -0.2) is 47.3 Å². The van der Waals surface area contributed by atoms with Gasteiger partial charge in [-0.05, 0) is 75.2 Å². The van der Waals surface area contributed by atoms with Gasteiger partial charge in [-0.25, -0.2) is 0 Å². The van der Waals surface area contributed by atoms with Crippen LogP contribution in [0.2, 0.25) is 0 Å². The van der Waals surface area contributed by atoms with Gasteiger partial charge in [0.15, 0.2) is 0 Å². The first kappa shape index (κ1) is 21.2. The highest BCUT2D eigenvalue weighted by Gasteiger charge is 2.56. The number of carbonyl (C=O) groups excluding carboxylic acids is 2. The number of para-hydroxylation sites is 2. The van der Waals surface area contributed by atoms with E-state index in [-0.39, 0.29) is 29.0 Å². The van der Waals surface area contributed by atoms with Gasteiger partial charge in [0.2, 0.25) is 11.8 Å². The predicted octanol–water partition coefficient (Wildman–Crippen LogP) is 3.33. The lowest BCUT2D eigenvalue weighted by atomic mass is 9.49. The van der Waals surface area contributed by atoms with Gasteiger partial charge in [-0.15, -0.1) is 0 Å². The quantitative estimate of drug-likeness (QED) is 0.384. The van der Waals surface area contributed by atoms with Crippen molar-refractivity contribution in [2.24, 2.45) is 23.2 Å². The van der Waals surface area contributed by atoms with Gasteiger partial charge in [0.25, 0.3) is 5.69 Å². The summed E-state index contributed by atoms with van der Waals surface area (Å²) in [5.74, 6) is 2.23. The highest BCUT2D eigenvalue weighted by Crippen LogP contribution is 2.60. The minimum Gasteiger partial charge on any atom is -0.378 e. The predicted molar refractivity (Wildman–Crippen MR) is 120 cm³/mol. The van der Waals surface area contributed by atoms with Crippen LogP contribution in [0, 0.1) is 33.3 Å². The molecule has 2 amide bonds. The largest absolute Gasteiger partial charge is 0.378 e. The molecule has 0 unspecified atom stereocenters. The molecular formula is C24H32N4O4. The Hall–Kier alpha value is -2.64. The van der Waals surface area contributed by atoms with Gasteiger partial charge in [-0.1, -0.05) is 12.1 Å². The number of nitrogens with one attached hydrogen (secondary N) is 2. The molecule has 32 heavy (non-hydrogen) atoms. The van der Waals surface area contributed by atoms with Crippen LogP contribution in [-0.2, 0) is 9.59 Å². The highest BCUT2D eigenvalue weighted by molar-refractivity contribution is 5.91.